The minimum atomic E-state index is -0.207. The minimum Gasteiger partial charge on any atom is -0.354 e. The van der Waals surface area contributed by atoms with Crippen molar-refractivity contribution in [2.75, 3.05) is 6.54 Å². The third-order valence-corrected chi connectivity index (χ3v) is 3.44. The summed E-state index contributed by atoms with van der Waals surface area (Å²) in [6, 6.07) is 3.27. The van der Waals surface area contributed by atoms with Gasteiger partial charge in [0.25, 0.3) is 5.56 Å². The van der Waals surface area contributed by atoms with Crippen LogP contribution >= 0.6 is 0 Å². The molecule has 2 N–H and O–H groups in total. The Morgan fingerprint density at radius 1 is 1.50 bits per heavy atom. The van der Waals surface area contributed by atoms with Crippen LogP contribution in [0.25, 0.3) is 0 Å². The lowest BCUT2D eigenvalue weighted by Crippen LogP contribution is -2.43. The van der Waals surface area contributed by atoms with Crippen molar-refractivity contribution >= 4 is 5.91 Å². The molecule has 1 fully saturated rings. The van der Waals surface area contributed by atoms with Crippen molar-refractivity contribution in [2.45, 2.75) is 26.4 Å². The fraction of sp³-hybridized carbons (Fsp3) is 0.538. The summed E-state index contributed by atoms with van der Waals surface area (Å²) in [5, 5.41) is 6.07. The number of nitrogens with one attached hydrogen (secondary N) is 2. The van der Waals surface area contributed by atoms with E-state index in [4.69, 9.17) is 0 Å². The number of aromatic nitrogens is 1. The largest absolute Gasteiger partial charge is 0.354 e. The molecule has 98 valence electrons. The molecule has 1 atom stereocenters. The van der Waals surface area contributed by atoms with Gasteiger partial charge in [0.15, 0.2) is 0 Å². The van der Waals surface area contributed by atoms with Crippen molar-refractivity contribution in [3.05, 3.63) is 34.2 Å². The third kappa shape index (κ3) is 2.46. The normalized spacial score (nSPS) is 21.9. The molecule has 0 saturated carbocycles. The van der Waals surface area contributed by atoms with Gasteiger partial charge in [-0.2, -0.15) is 0 Å². The summed E-state index contributed by atoms with van der Waals surface area (Å²) >= 11 is 0. The summed E-state index contributed by atoms with van der Waals surface area (Å²) in [4.78, 5) is 23.2. The number of aryl methyl sites for hydroxylation is 1. The summed E-state index contributed by atoms with van der Waals surface area (Å²) < 4.78 is 1.52. The Hall–Kier alpha value is -1.62. The zero-order valence-corrected chi connectivity index (χ0v) is 11.0. The van der Waals surface area contributed by atoms with E-state index < -0.39 is 0 Å². The van der Waals surface area contributed by atoms with Crippen LogP contribution in [0.1, 0.15) is 19.4 Å². The maximum atomic E-state index is 11.7. The lowest BCUT2D eigenvalue weighted by Gasteiger charge is -2.24. The Morgan fingerprint density at radius 3 is 2.78 bits per heavy atom. The summed E-state index contributed by atoms with van der Waals surface area (Å²) in [7, 11) is 1.72. The van der Waals surface area contributed by atoms with Crippen molar-refractivity contribution in [2.24, 2.45) is 12.5 Å². The highest BCUT2D eigenvalue weighted by Crippen LogP contribution is 2.24. The highest BCUT2D eigenvalue weighted by Gasteiger charge is 2.40. The first kappa shape index (κ1) is 12.8. The van der Waals surface area contributed by atoms with E-state index >= 15 is 0 Å². The minimum absolute atomic E-state index is 0.0313. The molecule has 1 aromatic rings. The first-order valence-electron chi connectivity index (χ1n) is 6.07. The number of rotatable bonds is 3. The molecule has 2 rings (SSSR count). The van der Waals surface area contributed by atoms with Crippen LogP contribution in [0, 0.1) is 5.41 Å². The van der Waals surface area contributed by atoms with Crippen molar-refractivity contribution in [1.82, 2.24) is 15.2 Å². The van der Waals surface area contributed by atoms with Gasteiger partial charge in [0.2, 0.25) is 5.91 Å². The zero-order valence-electron chi connectivity index (χ0n) is 11.0. The second-order valence-electron chi connectivity index (χ2n) is 5.50. The van der Waals surface area contributed by atoms with Gasteiger partial charge in [0.1, 0.15) is 0 Å². The lowest BCUT2D eigenvalue weighted by molar-refractivity contribution is -0.121. The van der Waals surface area contributed by atoms with Crippen LogP contribution in [0.2, 0.25) is 0 Å². The van der Waals surface area contributed by atoms with Crippen molar-refractivity contribution < 1.29 is 4.79 Å². The Labute approximate surface area is 106 Å². The predicted molar refractivity (Wildman–Crippen MR) is 69.1 cm³/mol. The molecule has 5 nitrogen and oxygen atoms in total. The lowest BCUT2D eigenvalue weighted by atomic mass is 9.87. The van der Waals surface area contributed by atoms with E-state index in [1.807, 2.05) is 19.9 Å². The number of nitrogens with zero attached hydrogens (tertiary/aromatic N) is 1. The van der Waals surface area contributed by atoms with Crippen molar-refractivity contribution in [1.29, 1.82) is 0 Å². The molecule has 5 heteroatoms. The van der Waals surface area contributed by atoms with Gasteiger partial charge >= 0.3 is 0 Å². The van der Waals surface area contributed by atoms with Crippen LogP contribution in [-0.4, -0.2) is 23.1 Å². The molecule has 0 spiro atoms. The van der Waals surface area contributed by atoms with Crippen LogP contribution in [-0.2, 0) is 18.4 Å². The number of pyridine rings is 1. The number of amides is 1. The molecule has 1 amide bonds. The average molecular weight is 249 g/mol. The molecule has 0 aromatic carbocycles. The Kier molecular flexibility index (Phi) is 3.26. The molecule has 1 aromatic heterocycles. The average Bonchev–Trinajstić information content (AvgIpc) is 2.56. The number of hydrogen-bond acceptors (Lipinski definition) is 3. The summed E-state index contributed by atoms with van der Waals surface area (Å²) in [6.45, 7) is 5.30. The van der Waals surface area contributed by atoms with E-state index in [0.29, 0.717) is 13.1 Å². The topological polar surface area (TPSA) is 63.1 Å². The quantitative estimate of drug-likeness (QED) is 0.792. The van der Waals surface area contributed by atoms with Gasteiger partial charge in [-0.3, -0.25) is 9.59 Å². The highest BCUT2D eigenvalue weighted by atomic mass is 16.2. The first-order chi connectivity index (χ1) is 8.40. The van der Waals surface area contributed by atoms with E-state index in [1.165, 1.54) is 4.57 Å². The van der Waals surface area contributed by atoms with Gasteiger partial charge in [-0.05, 0) is 11.6 Å². The number of carbonyl (C=O) groups is 1. The molecule has 1 saturated heterocycles. The summed E-state index contributed by atoms with van der Waals surface area (Å²) in [6.07, 6.45) is 1.74. The monoisotopic (exact) mass is 249 g/mol. The van der Waals surface area contributed by atoms with Crippen LogP contribution < -0.4 is 16.2 Å². The van der Waals surface area contributed by atoms with Crippen molar-refractivity contribution in [3.8, 4) is 0 Å². The maximum Gasteiger partial charge on any atom is 0.250 e. The van der Waals surface area contributed by atoms with E-state index in [2.05, 4.69) is 10.6 Å². The van der Waals surface area contributed by atoms with E-state index in [-0.39, 0.29) is 22.9 Å². The maximum absolute atomic E-state index is 11.7. The standard InChI is InChI=1S/C13H19N3O2/c1-13(2)8-15-12(18)11(13)14-7-9-4-5-16(3)10(17)6-9/h4-6,11,14H,7-8H2,1-3H3,(H,15,18). The fourth-order valence-corrected chi connectivity index (χ4v) is 2.16. The van der Waals surface area contributed by atoms with Gasteiger partial charge in [-0.1, -0.05) is 13.8 Å². The predicted octanol–water partition coefficient (Wildman–Crippen LogP) is -0.000500. The molecule has 0 bridgehead atoms. The Bertz CT molecular complexity index is 519. The van der Waals surface area contributed by atoms with Gasteiger partial charge in [0, 0.05) is 37.8 Å². The van der Waals surface area contributed by atoms with Gasteiger partial charge in [-0.15, -0.1) is 0 Å². The van der Waals surface area contributed by atoms with Crippen LogP contribution in [0.15, 0.2) is 23.1 Å². The molecule has 0 aliphatic carbocycles. The number of carbonyl (C=O) groups excluding carboxylic acids is 1. The molecule has 2 heterocycles. The SMILES string of the molecule is Cn1ccc(CNC2C(=O)NCC2(C)C)cc1=O. The summed E-state index contributed by atoms with van der Waals surface area (Å²) in [5.41, 5.74) is 0.759. The second kappa shape index (κ2) is 4.57. The molecular formula is C13H19N3O2. The van der Waals surface area contributed by atoms with Crippen LogP contribution in [0.3, 0.4) is 0 Å². The summed E-state index contributed by atoms with van der Waals surface area (Å²) in [5.74, 6) is 0.0313. The smallest absolute Gasteiger partial charge is 0.250 e. The molecule has 1 unspecified atom stereocenters. The zero-order chi connectivity index (χ0) is 13.3. The molecule has 18 heavy (non-hydrogen) atoms. The molecule has 1 aliphatic heterocycles. The van der Waals surface area contributed by atoms with E-state index in [9.17, 15) is 9.59 Å². The molecule has 1 aliphatic rings. The Morgan fingerprint density at radius 2 is 2.22 bits per heavy atom. The number of hydrogen-bond donors (Lipinski definition) is 2. The van der Waals surface area contributed by atoms with Crippen molar-refractivity contribution in [3.63, 3.8) is 0 Å². The van der Waals surface area contributed by atoms with Gasteiger partial charge in [0.05, 0.1) is 6.04 Å². The highest BCUT2D eigenvalue weighted by molar-refractivity contribution is 5.85. The van der Waals surface area contributed by atoms with E-state index in [0.717, 1.165) is 5.56 Å². The van der Waals surface area contributed by atoms with Gasteiger partial charge in [-0.25, -0.2) is 0 Å². The second-order valence-corrected chi connectivity index (χ2v) is 5.50. The fourth-order valence-electron chi connectivity index (χ4n) is 2.16. The Balaban J connectivity index is 2.05. The van der Waals surface area contributed by atoms with Crippen LogP contribution in [0.4, 0.5) is 0 Å². The first-order valence-corrected chi connectivity index (χ1v) is 6.07. The van der Waals surface area contributed by atoms with E-state index in [1.54, 1.807) is 19.3 Å². The molecule has 0 radical (unpaired) electrons. The third-order valence-electron chi connectivity index (χ3n) is 3.44. The van der Waals surface area contributed by atoms with Crippen LogP contribution in [0.5, 0.6) is 0 Å². The molecular weight excluding hydrogens is 230 g/mol. The van der Waals surface area contributed by atoms with Gasteiger partial charge < -0.3 is 15.2 Å².